The quantitative estimate of drug-likeness (QED) is 0.128. The molecule has 1 aliphatic heterocycles. The second kappa shape index (κ2) is 16.6. The van der Waals surface area contributed by atoms with Crippen LogP contribution in [0.1, 0.15) is 84.5 Å². The zero-order valence-corrected chi connectivity index (χ0v) is 29.2. The lowest BCUT2D eigenvalue weighted by molar-refractivity contribution is -0.143. The summed E-state index contributed by atoms with van der Waals surface area (Å²) in [6, 6.07) is 19.5. The van der Waals surface area contributed by atoms with Gasteiger partial charge in [0.1, 0.15) is 5.75 Å². The van der Waals surface area contributed by atoms with Gasteiger partial charge >= 0.3 is 5.97 Å². The van der Waals surface area contributed by atoms with Crippen LogP contribution in [0.4, 0.5) is 0 Å². The van der Waals surface area contributed by atoms with Gasteiger partial charge in [-0.2, -0.15) is 0 Å². The van der Waals surface area contributed by atoms with Crippen molar-refractivity contribution in [3.63, 3.8) is 0 Å². The fraction of sp³-hybridized carbons (Fsp3) is 0.417. The zero-order valence-electron chi connectivity index (χ0n) is 27.6. The number of benzene rings is 3. The Morgan fingerprint density at radius 3 is 2.51 bits per heavy atom. The van der Waals surface area contributed by atoms with Crippen molar-refractivity contribution < 1.29 is 37.1 Å². The number of esters is 1. The minimum absolute atomic E-state index is 0.0391. The number of fused-ring (bicyclic) bond motifs is 1. The highest BCUT2D eigenvalue weighted by atomic mass is 35.5. The highest BCUT2D eigenvalue weighted by Gasteiger charge is 2.49. The van der Waals surface area contributed by atoms with Gasteiger partial charge in [0, 0.05) is 29.1 Å². The first-order valence-electron chi connectivity index (χ1n) is 16.5. The standard InChI is InChI=1S/C36H42ClN3O8S/c1-3-46-32(41)16-9-21-47-27-11-8-10-24(22-27)23-48-38-35(42)33-28-12-4-5-13-29(28)36(43)40(34(33)25-17-19-26(37)20-18-25)31-15-7-6-14-30(31)39-49(2,44)45/h4-5,8,10-13,17-20,22,30-31,33-34,39H,3,6-7,9,14-16,21,23H2,1-2H3,(H,38,42)/t30-,31-,33+,34-/m0/s1. The third-order valence-electron chi connectivity index (χ3n) is 8.73. The fourth-order valence-electron chi connectivity index (χ4n) is 6.69. The van der Waals surface area contributed by atoms with Crippen LogP contribution in [0.5, 0.6) is 5.75 Å². The summed E-state index contributed by atoms with van der Waals surface area (Å²) in [7, 11) is -3.58. The molecular formula is C36H42ClN3O8S. The van der Waals surface area contributed by atoms with E-state index in [9.17, 15) is 22.8 Å². The molecule has 0 radical (unpaired) electrons. The van der Waals surface area contributed by atoms with Gasteiger partial charge in [-0.1, -0.05) is 66.9 Å². The first kappa shape index (κ1) is 36.3. The summed E-state index contributed by atoms with van der Waals surface area (Å²) in [5.74, 6) is -1.28. The molecule has 3 aromatic rings. The maximum atomic E-state index is 14.4. The van der Waals surface area contributed by atoms with Crippen molar-refractivity contribution in [2.24, 2.45) is 0 Å². The van der Waals surface area contributed by atoms with E-state index in [2.05, 4.69) is 10.2 Å². The number of nitrogens with zero attached hydrogens (tertiary/aromatic N) is 1. The molecule has 0 saturated heterocycles. The Labute approximate surface area is 292 Å². The van der Waals surface area contributed by atoms with E-state index >= 15 is 0 Å². The SMILES string of the molecule is CCOC(=O)CCCOc1cccc(CONC(=O)[C@@H]2c3ccccc3C(=O)N([C@H]3CCCC[C@@H]3NS(C)(=O)=O)[C@H]2c2ccc(Cl)cc2)c1. The van der Waals surface area contributed by atoms with Gasteiger partial charge in [-0.3, -0.25) is 19.2 Å². The number of carbonyl (C=O) groups excluding carboxylic acids is 3. The number of carbonyl (C=O) groups is 3. The van der Waals surface area contributed by atoms with Crippen LogP contribution >= 0.6 is 11.6 Å². The molecule has 13 heteroatoms. The van der Waals surface area contributed by atoms with E-state index in [0.717, 1.165) is 24.7 Å². The van der Waals surface area contributed by atoms with Crippen LogP contribution in [-0.4, -0.2) is 62.7 Å². The Bertz CT molecular complexity index is 1740. The highest BCUT2D eigenvalue weighted by Crippen LogP contribution is 2.46. The summed E-state index contributed by atoms with van der Waals surface area (Å²) in [6.45, 7) is 2.48. The molecule has 1 heterocycles. The third-order valence-corrected chi connectivity index (χ3v) is 9.71. The maximum absolute atomic E-state index is 14.4. The lowest BCUT2D eigenvalue weighted by Crippen LogP contribution is -2.59. The van der Waals surface area contributed by atoms with Crippen molar-refractivity contribution in [1.82, 2.24) is 15.1 Å². The number of rotatable bonds is 14. The number of hydrogen-bond acceptors (Lipinski definition) is 8. The monoisotopic (exact) mass is 711 g/mol. The van der Waals surface area contributed by atoms with Crippen molar-refractivity contribution in [1.29, 1.82) is 0 Å². The van der Waals surface area contributed by atoms with Gasteiger partial charge in [0.25, 0.3) is 11.8 Å². The Kier molecular flexibility index (Phi) is 12.3. The van der Waals surface area contributed by atoms with Crippen LogP contribution in [0, 0.1) is 0 Å². The van der Waals surface area contributed by atoms with Crippen LogP contribution in [0.2, 0.25) is 5.02 Å². The number of amides is 2. The number of hydroxylamine groups is 1. The number of halogens is 1. The largest absolute Gasteiger partial charge is 0.494 e. The normalized spacial score (nSPS) is 20.7. The molecule has 0 unspecified atom stereocenters. The van der Waals surface area contributed by atoms with E-state index in [4.69, 9.17) is 25.9 Å². The second-order valence-corrected chi connectivity index (χ2v) is 14.5. The topological polar surface area (TPSA) is 140 Å². The summed E-state index contributed by atoms with van der Waals surface area (Å²) in [6.07, 6.45) is 4.64. The molecule has 262 valence electrons. The molecule has 0 bridgehead atoms. The number of ether oxygens (including phenoxy) is 2. The number of hydrogen-bond donors (Lipinski definition) is 2. The van der Waals surface area contributed by atoms with Gasteiger partial charge in [0.05, 0.1) is 38.0 Å². The highest BCUT2D eigenvalue weighted by molar-refractivity contribution is 7.88. The van der Waals surface area contributed by atoms with E-state index in [0.29, 0.717) is 59.9 Å². The average Bonchev–Trinajstić information content (AvgIpc) is 3.07. The molecule has 4 atom stereocenters. The van der Waals surface area contributed by atoms with Gasteiger partial charge in [-0.15, -0.1) is 0 Å². The molecule has 1 saturated carbocycles. The van der Waals surface area contributed by atoms with E-state index in [1.807, 2.05) is 12.1 Å². The summed E-state index contributed by atoms with van der Waals surface area (Å²) >= 11 is 6.25. The lowest BCUT2D eigenvalue weighted by atomic mass is 9.76. The molecule has 3 aromatic carbocycles. The van der Waals surface area contributed by atoms with Gasteiger partial charge in [0.2, 0.25) is 10.0 Å². The molecule has 49 heavy (non-hydrogen) atoms. The Hall–Kier alpha value is -3.97. The minimum atomic E-state index is -3.58. The van der Waals surface area contributed by atoms with Crippen molar-refractivity contribution in [3.8, 4) is 5.75 Å². The Morgan fingerprint density at radius 2 is 1.76 bits per heavy atom. The first-order valence-corrected chi connectivity index (χ1v) is 18.8. The van der Waals surface area contributed by atoms with Gasteiger partial charge < -0.3 is 14.4 Å². The molecule has 2 amide bonds. The van der Waals surface area contributed by atoms with Crippen molar-refractivity contribution >= 4 is 39.4 Å². The third kappa shape index (κ3) is 9.39. The second-order valence-electron chi connectivity index (χ2n) is 12.3. The Morgan fingerprint density at radius 1 is 1.00 bits per heavy atom. The summed E-state index contributed by atoms with van der Waals surface area (Å²) in [5.41, 5.74) is 4.99. The average molecular weight is 712 g/mol. The molecule has 1 aliphatic carbocycles. The summed E-state index contributed by atoms with van der Waals surface area (Å²) in [4.78, 5) is 47.6. The minimum Gasteiger partial charge on any atom is -0.494 e. The predicted molar refractivity (Wildman–Crippen MR) is 184 cm³/mol. The maximum Gasteiger partial charge on any atom is 0.305 e. The van der Waals surface area contributed by atoms with Gasteiger partial charge in [-0.25, -0.2) is 18.6 Å². The van der Waals surface area contributed by atoms with Crippen molar-refractivity contribution in [3.05, 3.63) is 100 Å². The molecule has 11 nitrogen and oxygen atoms in total. The first-order chi connectivity index (χ1) is 23.6. The molecule has 5 rings (SSSR count). The molecular weight excluding hydrogens is 670 g/mol. The smallest absolute Gasteiger partial charge is 0.305 e. The van der Waals surface area contributed by atoms with Crippen LogP contribution < -0.4 is 14.9 Å². The molecule has 1 fully saturated rings. The van der Waals surface area contributed by atoms with E-state index in [1.54, 1.807) is 72.5 Å². The molecule has 2 N–H and O–H groups in total. The van der Waals surface area contributed by atoms with Crippen molar-refractivity contribution in [2.45, 2.75) is 76.1 Å². The van der Waals surface area contributed by atoms with Crippen LogP contribution in [0.25, 0.3) is 0 Å². The summed E-state index contributed by atoms with van der Waals surface area (Å²) < 4.78 is 38.3. The fourth-order valence-corrected chi connectivity index (χ4v) is 7.64. The molecule has 0 spiro atoms. The lowest BCUT2D eigenvalue weighted by Gasteiger charge is -2.49. The van der Waals surface area contributed by atoms with E-state index in [1.165, 1.54) is 0 Å². The Balaban J connectivity index is 1.38. The number of nitrogens with one attached hydrogen (secondary N) is 2. The van der Waals surface area contributed by atoms with E-state index in [-0.39, 0.29) is 24.9 Å². The molecule has 0 aromatic heterocycles. The predicted octanol–water partition coefficient (Wildman–Crippen LogP) is 5.45. The zero-order chi connectivity index (χ0) is 35.0. The number of sulfonamides is 1. The van der Waals surface area contributed by atoms with Crippen LogP contribution in [0.15, 0.2) is 72.8 Å². The van der Waals surface area contributed by atoms with Gasteiger partial charge in [0.15, 0.2) is 0 Å². The summed E-state index contributed by atoms with van der Waals surface area (Å²) in [5, 5.41) is 0.502. The van der Waals surface area contributed by atoms with Crippen molar-refractivity contribution in [2.75, 3.05) is 19.5 Å². The van der Waals surface area contributed by atoms with Crippen LogP contribution in [-0.2, 0) is 35.8 Å². The van der Waals surface area contributed by atoms with Crippen LogP contribution in [0.3, 0.4) is 0 Å². The van der Waals surface area contributed by atoms with Gasteiger partial charge in [-0.05, 0) is 73.2 Å². The van der Waals surface area contributed by atoms with E-state index < -0.39 is 40.0 Å². The molecule has 2 aliphatic rings.